The number of nitro groups is 1. The first kappa shape index (κ1) is 19.0. The Morgan fingerprint density at radius 3 is 2.54 bits per heavy atom. The molecule has 0 saturated heterocycles. The summed E-state index contributed by atoms with van der Waals surface area (Å²) in [4.78, 5) is 35.2. The average Bonchev–Trinajstić information content (AvgIpc) is 2.72. The Bertz CT molecular complexity index is 1040. The molecule has 0 aliphatic rings. The van der Waals surface area contributed by atoms with Gasteiger partial charge < -0.3 is 10.1 Å². The number of nitrogens with one attached hydrogen (secondary N) is 1. The monoisotopic (exact) mass is 378 g/mol. The van der Waals surface area contributed by atoms with E-state index in [2.05, 4.69) is 5.32 Å². The van der Waals surface area contributed by atoms with Gasteiger partial charge in [-0.3, -0.25) is 14.9 Å². The number of non-ortho nitro benzene ring substituents is 1. The summed E-state index contributed by atoms with van der Waals surface area (Å²) in [7, 11) is 1.25. The zero-order valence-electron chi connectivity index (χ0n) is 15.1. The number of fused-ring (bicyclic) bond motifs is 1. The molecule has 0 radical (unpaired) electrons. The number of rotatable bonds is 6. The van der Waals surface area contributed by atoms with Gasteiger partial charge in [0.2, 0.25) is 0 Å². The van der Waals surface area contributed by atoms with Crippen LogP contribution in [0.15, 0.2) is 66.7 Å². The van der Waals surface area contributed by atoms with Gasteiger partial charge in [-0.05, 0) is 22.4 Å². The zero-order chi connectivity index (χ0) is 20.1. The summed E-state index contributed by atoms with van der Waals surface area (Å²) >= 11 is 0. The second-order valence-corrected chi connectivity index (χ2v) is 6.20. The van der Waals surface area contributed by atoms with Crippen molar-refractivity contribution in [2.45, 2.75) is 12.5 Å². The topological polar surface area (TPSA) is 98.5 Å². The van der Waals surface area contributed by atoms with Crippen molar-refractivity contribution in [3.8, 4) is 0 Å². The summed E-state index contributed by atoms with van der Waals surface area (Å²) in [6.45, 7) is 0. The molecule has 0 aromatic heterocycles. The summed E-state index contributed by atoms with van der Waals surface area (Å²) in [5, 5.41) is 15.5. The van der Waals surface area contributed by atoms with Crippen LogP contribution in [0.2, 0.25) is 0 Å². The number of ether oxygens (including phenoxy) is 1. The lowest BCUT2D eigenvalue weighted by molar-refractivity contribution is -0.384. The van der Waals surface area contributed by atoms with Crippen molar-refractivity contribution in [1.82, 2.24) is 5.32 Å². The van der Waals surface area contributed by atoms with Crippen LogP contribution in [0.1, 0.15) is 15.9 Å². The van der Waals surface area contributed by atoms with Crippen LogP contribution in [-0.2, 0) is 16.0 Å². The number of hydrogen-bond donors (Lipinski definition) is 1. The number of amides is 1. The highest BCUT2D eigenvalue weighted by Gasteiger charge is 2.24. The fourth-order valence-electron chi connectivity index (χ4n) is 3.03. The van der Waals surface area contributed by atoms with Gasteiger partial charge in [0.25, 0.3) is 11.6 Å². The lowest BCUT2D eigenvalue weighted by Crippen LogP contribution is -2.43. The number of methoxy groups -OCH3 is 1. The van der Waals surface area contributed by atoms with E-state index in [1.165, 1.54) is 31.4 Å². The maximum absolute atomic E-state index is 12.6. The van der Waals surface area contributed by atoms with Gasteiger partial charge in [0, 0.05) is 24.1 Å². The van der Waals surface area contributed by atoms with Crippen molar-refractivity contribution >= 4 is 28.3 Å². The number of nitro benzene ring substituents is 1. The molecule has 3 aromatic carbocycles. The van der Waals surface area contributed by atoms with Crippen LogP contribution in [0.5, 0.6) is 0 Å². The average molecular weight is 378 g/mol. The fourth-order valence-corrected chi connectivity index (χ4v) is 3.03. The second-order valence-electron chi connectivity index (χ2n) is 6.20. The molecule has 1 atom stereocenters. The van der Waals surface area contributed by atoms with E-state index in [-0.39, 0.29) is 17.7 Å². The van der Waals surface area contributed by atoms with Gasteiger partial charge in [-0.15, -0.1) is 0 Å². The van der Waals surface area contributed by atoms with Gasteiger partial charge >= 0.3 is 5.97 Å². The molecular formula is C21H18N2O5. The Labute approximate surface area is 161 Å². The molecule has 3 aromatic rings. The van der Waals surface area contributed by atoms with Crippen LogP contribution in [0.3, 0.4) is 0 Å². The van der Waals surface area contributed by atoms with Gasteiger partial charge in [-0.2, -0.15) is 0 Å². The lowest BCUT2D eigenvalue weighted by atomic mass is 9.98. The summed E-state index contributed by atoms with van der Waals surface area (Å²) in [5.41, 5.74) is 0.783. The fraction of sp³-hybridized carbons (Fsp3) is 0.143. The molecule has 0 aliphatic heterocycles. The number of carbonyl (C=O) groups is 2. The first-order chi connectivity index (χ1) is 13.5. The minimum atomic E-state index is -0.928. The van der Waals surface area contributed by atoms with Crippen molar-refractivity contribution in [2.24, 2.45) is 0 Å². The molecule has 0 spiro atoms. The molecule has 0 aliphatic carbocycles. The van der Waals surface area contributed by atoms with Gasteiger partial charge in [-0.25, -0.2) is 4.79 Å². The number of carbonyl (C=O) groups excluding carboxylic acids is 2. The summed E-state index contributed by atoms with van der Waals surface area (Å²) in [6, 6.07) is 17.9. The van der Waals surface area contributed by atoms with Crippen molar-refractivity contribution in [3.05, 3.63) is 88.0 Å². The molecule has 1 N–H and O–H groups in total. The molecule has 3 rings (SSSR count). The number of benzene rings is 3. The van der Waals surface area contributed by atoms with Crippen LogP contribution in [0.4, 0.5) is 5.69 Å². The maximum Gasteiger partial charge on any atom is 0.328 e. The number of esters is 1. The van der Waals surface area contributed by atoms with Gasteiger partial charge in [-0.1, -0.05) is 48.5 Å². The Balaban J connectivity index is 1.86. The molecule has 0 heterocycles. The van der Waals surface area contributed by atoms with Crippen LogP contribution in [0, 0.1) is 10.1 Å². The SMILES string of the molecule is COC(=O)[C@@H](Cc1cccc2ccccc12)NC(=O)c1cccc([N+](=O)[O-])c1. The van der Waals surface area contributed by atoms with E-state index in [9.17, 15) is 19.7 Å². The molecule has 1 amide bonds. The summed E-state index contributed by atoms with van der Waals surface area (Å²) in [6.07, 6.45) is 0.231. The van der Waals surface area contributed by atoms with Crippen LogP contribution >= 0.6 is 0 Å². The van der Waals surface area contributed by atoms with Crippen molar-refractivity contribution in [2.75, 3.05) is 7.11 Å². The molecule has 0 bridgehead atoms. The molecule has 7 nitrogen and oxygen atoms in total. The standard InChI is InChI=1S/C21H18N2O5/c1-28-21(25)19(13-15-8-4-7-14-6-2-3-11-18(14)15)22-20(24)16-9-5-10-17(12-16)23(26)27/h2-12,19H,13H2,1H3,(H,22,24)/t19-/m1/s1. The molecule has 0 fully saturated rings. The minimum Gasteiger partial charge on any atom is -0.467 e. The highest BCUT2D eigenvalue weighted by Crippen LogP contribution is 2.20. The predicted molar refractivity (Wildman–Crippen MR) is 104 cm³/mol. The molecule has 0 saturated carbocycles. The van der Waals surface area contributed by atoms with E-state index in [0.717, 1.165) is 16.3 Å². The van der Waals surface area contributed by atoms with Crippen molar-refractivity contribution in [3.63, 3.8) is 0 Å². The van der Waals surface area contributed by atoms with Gasteiger partial charge in [0.05, 0.1) is 12.0 Å². The molecule has 7 heteroatoms. The third kappa shape index (κ3) is 4.15. The van der Waals surface area contributed by atoms with E-state index in [0.29, 0.717) is 0 Å². The third-order valence-corrected chi connectivity index (χ3v) is 4.41. The third-order valence-electron chi connectivity index (χ3n) is 4.41. The minimum absolute atomic E-state index is 0.0982. The van der Waals surface area contributed by atoms with E-state index in [1.54, 1.807) is 0 Å². The van der Waals surface area contributed by atoms with Crippen molar-refractivity contribution in [1.29, 1.82) is 0 Å². The van der Waals surface area contributed by atoms with Crippen molar-refractivity contribution < 1.29 is 19.2 Å². The Morgan fingerprint density at radius 1 is 1.07 bits per heavy atom. The smallest absolute Gasteiger partial charge is 0.328 e. The first-order valence-corrected chi connectivity index (χ1v) is 8.59. The van der Waals surface area contributed by atoms with Crippen LogP contribution in [0.25, 0.3) is 10.8 Å². The number of hydrogen-bond acceptors (Lipinski definition) is 5. The summed E-state index contributed by atoms with van der Waals surface area (Å²) < 4.78 is 4.83. The zero-order valence-corrected chi connectivity index (χ0v) is 15.1. The Morgan fingerprint density at radius 2 is 1.79 bits per heavy atom. The van der Waals surface area contributed by atoms with E-state index >= 15 is 0 Å². The van der Waals surface area contributed by atoms with Crippen LogP contribution < -0.4 is 5.32 Å². The molecule has 28 heavy (non-hydrogen) atoms. The maximum atomic E-state index is 12.6. The second kappa shape index (κ2) is 8.30. The normalized spacial score (nSPS) is 11.6. The van der Waals surface area contributed by atoms with Gasteiger partial charge in [0.15, 0.2) is 0 Å². The number of nitrogens with zero attached hydrogens (tertiary/aromatic N) is 1. The predicted octanol–water partition coefficient (Wildman–Crippen LogP) is 3.26. The molecular weight excluding hydrogens is 360 g/mol. The summed E-state index contributed by atoms with van der Waals surface area (Å²) in [5.74, 6) is -1.17. The highest BCUT2D eigenvalue weighted by atomic mass is 16.6. The van der Waals surface area contributed by atoms with E-state index in [4.69, 9.17) is 4.74 Å². The highest BCUT2D eigenvalue weighted by molar-refractivity contribution is 5.97. The van der Waals surface area contributed by atoms with Gasteiger partial charge in [0.1, 0.15) is 6.04 Å². The van der Waals surface area contributed by atoms with E-state index < -0.39 is 22.8 Å². The largest absolute Gasteiger partial charge is 0.467 e. The Hall–Kier alpha value is -3.74. The van der Waals surface area contributed by atoms with Crippen LogP contribution in [-0.4, -0.2) is 30.0 Å². The molecule has 0 unspecified atom stereocenters. The first-order valence-electron chi connectivity index (χ1n) is 8.59. The van der Waals surface area contributed by atoms with E-state index in [1.807, 2.05) is 42.5 Å². The molecule has 142 valence electrons. The lowest BCUT2D eigenvalue weighted by Gasteiger charge is -2.18. The Kier molecular flexibility index (Phi) is 5.64. The quantitative estimate of drug-likeness (QED) is 0.403.